The number of carbonyl (C=O) groups excluding carboxylic acids is 1. The summed E-state index contributed by atoms with van der Waals surface area (Å²) in [5, 5.41) is 4.04. The first-order valence-electron chi connectivity index (χ1n) is 10.5. The Kier molecular flexibility index (Phi) is 7.60. The number of fused-ring (bicyclic) bond motifs is 1. The number of imidazole rings is 1. The molecule has 0 bridgehead atoms. The number of rotatable bonds is 9. The van der Waals surface area contributed by atoms with Crippen molar-refractivity contribution in [2.75, 3.05) is 38.6 Å². The highest BCUT2D eigenvalue weighted by Gasteiger charge is 2.28. The van der Waals surface area contributed by atoms with Gasteiger partial charge in [0.05, 0.1) is 30.0 Å². The summed E-state index contributed by atoms with van der Waals surface area (Å²) in [7, 11) is 0. The summed E-state index contributed by atoms with van der Waals surface area (Å²) in [6, 6.07) is 8.20. The van der Waals surface area contributed by atoms with E-state index in [1.54, 1.807) is 0 Å². The summed E-state index contributed by atoms with van der Waals surface area (Å²) in [4.78, 5) is 19.7. The van der Waals surface area contributed by atoms with Crippen molar-refractivity contribution in [1.82, 2.24) is 19.8 Å². The van der Waals surface area contributed by atoms with Crippen molar-refractivity contribution in [1.29, 1.82) is 0 Å². The van der Waals surface area contributed by atoms with Crippen LogP contribution >= 0.6 is 11.8 Å². The summed E-state index contributed by atoms with van der Waals surface area (Å²) in [6.07, 6.45) is 1.09. The smallest absolute Gasteiger partial charge is 0.230 e. The largest absolute Gasteiger partial charge is 0.379 e. The van der Waals surface area contributed by atoms with E-state index in [0.717, 1.165) is 55.5 Å². The molecule has 1 amide bonds. The number of ether oxygens (including phenoxy) is 1. The Hall–Kier alpha value is -1.57. The normalized spacial score (nSPS) is 15.9. The number of hydrogen-bond acceptors (Lipinski definition) is 5. The number of amides is 1. The summed E-state index contributed by atoms with van der Waals surface area (Å²) >= 11 is 1.52. The molecule has 0 unspecified atom stereocenters. The number of nitrogens with zero attached hydrogens (tertiary/aromatic N) is 3. The molecule has 7 heteroatoms. The van der Waals surface area contributed by atoms with Crippen molar-refractivity contribution < 1.29 is 9.53 Å². The third-order valence-corrected chi connectivity index (χ3v) is 6.44. The second-order valence-electron chi connectivity index (χ2n) is 8.69. The van der Waals surface area contributed by atoms with Crippen LogP contribution in [0.2, 0.25) is 0 Å². The number of morpholine rings is 1. The molecule has 6 nitrogen and oxygen atoms in total. The first kappa shape index (κ1) is 22.1. The third kappa shape index (κ3) is 5.96. The highest BCUT2D eigenvalue weighted by molar-refractivity contribution is 7.99. The van der Waals surface area contributed by atoms with Gasteiger partial charge in [-0.3, -0.25) is 9.69 Å². The van der Waals surface area contributed by atoms with Gasteiger partial charge in [-0.05, 0) is 38.3 Å². The van der Waals surface area contributed by atoms with Crippen LogP contribution < -0.4 is 5.32 Å². The number of aryl methyl sites for hydroxylation is 1. The molecule has 0 saturated carbocycles. The number of benzene rings is 1. The maximum atomic E-state index is 12.5. The molecule has 1 aromatic carbocycles. The SMILES string of the molecule is CC(C)CCn1c(SCC(=O)NCC(C)(C)N2CCOCC2)nc2ccccc21. The van der Waals surface area contributed by atoms with E-state index in [4.69, 9.17) is 9.72 Å². The molecule has 160 valence electrons. The van der Waals surface area contributed by atoms with Crippen LogP contribution in [0.5, 0.6) is 0 Å². The molecule has 1 fully saturated rings. The average Bonchev–Trinajstić information content (AvgIpc) is 3.07. The molecule has 3 rings (SSSR count). The second kappa shape index (κ2) is 9.96. The highest BCUT2D eigenvalue weighted by atomic mass is 32.2. The van der Waals surface area contributed by atoms with E-state index in [1.165, 1.54) is 11.8 Å². The van der Waals surface area contributed by atoms with Crippen molar-refractivity contribution in [2.45, 2.75) is 51.4 Å². The predicted octanol–water partition coefficient (Wildman–Crippen LogP) is 3.40. The van der Waals surface area contributed by atoms with Crippen LogP contribution in [0.15, 0.2) is 29.4 Å². The molecule has 1 aliphatic heterocycles. The van der Waals surface area contributed by atoms with E-state index in [9.17, 15) is 4.79 Å². The summed E-state index contributed by atoms with van der Waals surface area (Å²) in [5.41, 5.74) is 2.06. The lowest BCUT2D eigenvalue weighted by Crippen LogP contribution is -2.55. The monoisotopic (exact) mass is 418 g/mol. The number of hydrogen-bond donors (Lipinski definition) is 1. The summed E-state index contributed by atoms with van der Waals surface area (Å²) in [6.45, 7) is 13.7. The van der Waals surface area contributed by atoms with Gasteiger partial charge in [-0.25, -0.2) is 4.98 Å². The molecule has 0 aliphatic carbocycles. The van der Waals surface area contributed by atoms with Crippen molar-refractivity contribution in [3.8, 4) is 0 Å². The van der Waals surface area contributed by atoms with Crippen molar-refractivity contribution in [2.24, 2.45) is 5.92 Å². The third-order valence-electron chi connectivity index (χ3n) is 5.47. The summed E-state index contributed by atoms with van der Waals surface area (Å²) < 4.78 is 7.69. The van der Waals surface area contributed by atoms with Gasteiger partial charge >= 0.3 is 0 Å². The molecule has 1 aliphatic rings. The lowest BCUT2D eigenvalue weighted by molar-refractivity contribution is -0.119. The number of carbonyl (C=O) groups is 1. The van der Waals surface area contributed by atoms with Gasteiger partial charge in [-0.1, -0.05) is 37.7 Å². The Bertz CT molecular complexity index is 812. The lowest BCUT2D eigenvalue weighted by atomic mass is 10.0. The minimum absolute atomic E-state index is 0.0544. The first-order valence-corrected chi connectivity index (χ1v) is 11.5. The predicted molar refractivity (Wildman–Crippen MR) is 119 cm³/mol. The van der Waals surface area contributed by atoms with Crippen LogP contribution in [-0.4, -0.2) is 64.5 Å². The highest BCUT2D eigenvalue weighted by Crippen LogP contribution is 2.25. The maximum Gasteiger partial charge on any atom is 0.230 e. The number of nitrogens with one attached hydrogen (secondary N) is 1. The van der Waals surface area contributed by atoms with E-state index in [0.29, 0.717) is 18.2 Å². The fourth-order valence-electron chi connectivity index (χ4n) is 3.54. The van der Waals surface area contributed by atoms with Gasteiger partial charge in [0.2, 0.25) is 5.91 Å². The average molecular weight is 419 g/mol. The quantitative estimate of drug-likeness (QED) is 0.633. The Labute approximate surface area is 178 Å². The van der Waals surface area contributed by atoms with E-state index in [-0.39, 0.29) is 11.4 Å². The molecule has 2 aromatic rings. The van der Waals surface area contributed by atoms with E-state index in [2.05, 4.69) is 48.5 Å². The molecule has 0 atom stereocenters. The molecular formula is C22H34N4O2S. The standard InChI is InChI=1S/C22H34N4O2S/c1-17(2)9-10-26-19-8-6-5-7-18(19)24-21(26)29-15-20(27)23-16-22(3,4)25-11-13-28-14-12-25/h5-8,17H,9-16H2,1-4H3,(H,23,27). The van der Waals surface area contributed by atoms with Crippen molar-refractivity contribution >= 4 is 28.7 Å². The summed E-state index contributed by atoms with van der Waals surface area (Å²) in [5.74, 6) is 1.06. The van der Waals surface area contributed by atoms with Gasteiger partial charge in [0.25, 0.3) is 0 Å². The minimum Gasteiger partial charge on any atom is -0.379 e. The van der Waals surface area contributed by atoms with Crippen LogP contribution in [0, 0.1) is 5.92 Å². The van der Waals surface area contributed by atoms with E-state index in [1.807, 2.05) is 18.2 Å². The molecule has 0 spiro atoms. The molecule has 0 radical (unpaired) electrons. The fourth-order valence-corrected chi connectivity index (χ4v) is 4.41. The first-order chi connectivity index (χ1) is 13.9. The molecule has 2 heterocycles. The van der Waals surface area contributed by atoms with E-state index >= 15 is 0 Å². The molecule has 1 saturated heterocycles. The Morgan fingerprint density at radius 1 is 1.28 bits per heavy atom. The van der Waals surface area contributed by atoms with Crippen LogP contribution in [0.1, 0.15) is 34.1 Å². The minimum atomic E-state index is -0.0749. The maximum absolute atomic E-state index is 12.5. The van der Waals surface area contributed by atoms with Crippen LogP contribution in [0.3, 0.4) is 0 Å². The fraction of sp³-hybridized carbons (Fsp3) is 0.636. The Morgan fingerprint density at radius 2 is 2.00 bits per heavy atom. The topological polar surface area (TPSA) is 59.4 Å². The van der Waals surface area contributed by atoms with Crippen LogP contribution in [0.4, 0.5) is 0 Å². The number of thioether (sulfide) groups is 1. The van der Waals surface area contributed by atoms with Gasteiger partial charge < -0.3 is 14.6 Å². The van der Waals surface area contributed by atoms with E-state index < -0.39 is 0 Å². The second-order valence-corrected chi connectivity index (χ2v) is 9.64. The van der Waals surface area contributed by atoms with Crippen LogP contribution in [0.25, 0.3) is 11.0 Å². The zero-order valence-corrected chi connectivity index (χ0v) is 18.9. The molecule has 1 N–H and O–H groups in total. The number of para-hydroxylation sites is 2. The molecule has 1 aromatic heterocycles. The van der Waals surface area contributed by atoms with Crippen molar-refractivity contribution in [3.63, 3.8) is 0 Å². The van der Waals surface area contributed by atoms with Gasteiger partial charge in [0.1, 0.15) is 0 Å². The Balaban J connectivity index is 1.58. The van der Waals surface area contributed by atoms with Gasteiger partial charge in [-0.2, -0.15) is 0 Å². The molecular weight excluding hydrogens is 384 g/mol. The Morgan fingerprint density at radius 3 is 2.72 bits per heavy atom. The van der Waals surface area contributed by atoms with Gasteiger partial charge in [-0.15, -0.1) is 0 Å². The zero-order valence-electron chi connectivity index (χ0n) is 18.1. The van der Waals surface area contributed by atoms with Gasteiger partial charge in [0.15, 0.2) is 5.16 Å². The van der Waals surface area contributed by atoms with Crippen LogP contribution in [-0.2, 0) is 16.1 Å². The molecule has 29 heavy (non-hydrogen) atoms. The van der Waals surface area contributed by atoms with Crippen molar-refractivity contribution in [3.05, 3.63) is 24.3 Å². The zero-order chi connectivity index (χ0) is 20.9. The van der Waals surface area contributed by atoms with Gasteiger partial charge in [0, 0.05) is 31.7 Å². The lowest BCUT2D eigenvalue weighted by Gasteiger charge is -2.40. The number of aromatic nitrogens is 2.